The highest BCUT2D eigenvalue weighted by Crippen LogP contribution is 2.04. The van der Waals surface area contributed by atoms with Crippen LogP contribution < -0.4 is 5.73 Å². The van der Waals surface area contributed by atoms with Crippen LogP contribution in [0.4, 0.5) is 0 Å². The van der Waals surface area contributed by atoms with E-state index in [9.17, 15) is 4.79 Å². The maximum Gasteiger partial charge on any atom is 0.161 e. The minimum absolute atomic E-state index is 0.0249. The predicted octanol–water partition coefficient (Wildman–Crippen LogP) is 3.60. The second-order valence-corrected chi connectivity index (χ2v) is 2.12. The summed E-state index contributed by atoms with van der Waals surface area (Å²) in [5.74, 6) is -0.0249. The zero-order valence-corrected chi connectivity index (χ0v) is 10.9. The van der Waals surface area contributed by atoms with Crippen molar-refractivity contribution < 1.29 is 4.79 Å². The van der Waals surface area contributed by atoms with Gasteiger partial charge in [0, 0.05) is 11.3 Å². The number of hydrogen-bond acceptors (Lipinski definition) is 2. The quantitative estimate of drug-likeness (QED) is 0.572. The molecule has 0 aliphatic heterocycles. The number of Topliss-reactive ketones (excluding diaryl/α,β-unsaturated/α-hetero) is 1. The van der Waals surface area contributed by atoms with Crippen LogP contribution in [0.5, 0.6) is 0 Å². The zero-order valence-electron chi connectivity index (χ0n) is 10.9. The van der Waals surface area contributed by atoms with Crippen molar-refractivity contribution >= 4 is 5.78 Å². The molecule has 0 aromatic rings. The van der Waals surface area contributed by atoms with Gasteiger partial charge in [0.2, 0.25) is 0 Å². The molecule has 2 nitrogen and oxygen atoms in total. The molecule has 0 saturated heterocycles. The molecule has 0 bridgehead atoms. The van der Waals surface area contributed by atoms with E-state index in [2.05, 4.69) is 6.58 Å². The minimum Gasteiger partial charge on any atom is -0.398 e. The molecule has 0 rings (SSSR count). The lowest BCUT2D eigenvalue weighted by atomic mass is 10.1. The van der Waals surface area contributed by atoms with Crippen molar-refractivity contribution in [3.05, 3.63) is 36.1 Å². The van der Waals surface area contributed by atoms with Crippen molar-refractivity contribution in [1.82, 2.24) is 0 Å². The number of rotatable bonds is 3. The van der Waals surface area contributed by atoms with Crippen molar-refractivity contribution in [2.24, 2.45) is 5.73 Å². The van der Waals surface area contributed by atoms with E-state index in [1.165, 1.54) is 6.92 Å². The topological polar surface area (TPSA) is 43.1 Å². The van der Waals surface area contributed by atoms with Gasteiger partial charge in [0.1, 0.15) is 0 Å². The van der Waals surface area contributed by atoms with Gasteiger partial charge in [-0.15, -0.1) is 0 Å². The SMILES string of the molecule is C=C/C=C(N)\C(=C/C)C(C)=O.CC.CC. The van der Waals surface area contributed by atoms with E-state index < -0.39 is 0 Å². The molecule has 0 spiro atoms. The van der Waals surface area contributed by atoms with Gasteiger partial charge in [0.25, 0.3) is 0 Å². The molecule has 0 saturated carbocycles. The van der Waals surface area contributed by atoms with Crippen LogP contribution >= 0.6 is 0 Å². The van der Waals surface area contributed by atoms with E-state index >= 15 is 0 Å². The van der Waals surface area contributed by atoms with E-state index in [0.29, 0.717) is 11.3 Å². The normalized spacial score (nSPS) is 10.3. The monoisotopic (exact) mass is 211 g/mol. The molecule has 0 fully saturated rings. The van der Waals surface area contributed by atoms with Crippen molar-refractivity contribution in [3.63, 3.8) is 0 Å². The lowest BCUT2D eigenvalue weighted by Gasteiger charge is -2.00. The number of nitrogens with two attached hydrogens (primary N) is 1. The Kier molecular flexibility index (Phi) is 19.5. The number of hydrogen-bond donors (Lipinski definition) is 1. The number of ketones is 1. The fourth-order valence-electron chi connectivity index (χ4n) is 0.790. The van der Waals surface area contributed by atoms with Gasteiger partial charge in [-0.3, -0.25) is 4.79 Å². The molecule has 0 atom stereocenters. The summed E-state index contributed by atoms with van der Waals surface area (Å²) in [7, 11) is 0. The lowest BCUT2D eigenvalue weighted by molar-refractivity contribution is -0.113. The summed E-state index contributed by atoms with van der Waals surface area (Å²) in [6, 6.07) is 0. The summed E-state index contributed by atoms with van der Waals surface area (Å²) in [5.41, 5.74) is 6.55. The van der Waals surface area contributed by atoms with Crippen molar-refractivity contribution in [1.29, 1.82) is 0 Å². The first kappa shape index (κ1) is 19.3. The summed E-state index contributed by atoms with van der Waals surface area (Å²) in [5, 5.41) is 0. The highest BCUT2D eigenvalue weighted by atomic mass is 16.1. The van der Waals surface area contributed by atoms with Crippen LogP contribution in [0.1, 0.15) is 41.5 Å². The van der Waals surface area contributed by atoms with Crippen molar-refractivity contribution in [2.45, 2.75) is 41.5 Å². The fraction of sp³-hybridized carbons (Fsp3) is 0.462. The third-order valence-electron chi connectivity index (χ3n) is 1.28. The molecule has 0 aromatic carbocycles. The molecule has 0 aliphatic rings. The first-order valence-corrected chi connectivity index (χ1v) is 5.39. The van der Waals surface area contributed by atoms with Gasteiger partial charge in [0.05, 0.1) is 0 Å². The molecule has 0 aromatic heterocycles. The molecule has 2 heteroatoms. The Hall–Kier alpha value is -1.31. The average molecular weight is 211 g/mol. The van der Waals surface area contributed by atoms with E-state index in [1.54, 1.807) is 25.2 Å². The maximum atomic E-state index is 10.9. The minimum atomic E-state index is -0.0249. The number of carbonyl (C=O) groups excluding carboxylic acids is 1. The molecule has 0 amide bonds. The fourth-order valence-corrected chi connectivity index (χ4v) is 0.790. The summed E-state index contributed by atoms with van der Waals surface area (Å²) in [6.07, 6.45) is 4.86. The molecule has 0 heterocycles. The molecular weight excluding hydrogens is 186 g/mol. The highest BCUT2D eigenvalue weighted by Gasteiger charge is 2.03. The van der Waals surface area contributed by atoms with Crippen molar-refractivity contribution in [3.8, 4) is 0 Å². The summed E-state index contributed by atoms with van der Waals surface area (Å²) in [6.45, 7) is 14.7. The van der Waals surface area contributed by atoms with Gasteiger partial charge in [-0.1, -0.05) is 46.4 Å². The second-order valence-electron chi connectivity index (χ2n) is 2.12. The van der Waals surface area contributed by atoms with E-state index in [-0.39, 0.29) is 5.78 Å². The van der Waals surface area contributed by atoms with Crippen LogP contribution in [-0.4, -0.2) is 5.78 Å². The molecule has 0 unspecified atom stereocenters. The second kappa shape index (κ2) is 15.2. The summed E-state index contributed by atoms with van der Waals surface area (Å²) in [4.78, 5) is 10.9. The first-order valence-electron chi connectivity index (χ1n) is 5.39. The van der Waals surface area contributed by atoms with Crippen LogP contribution in [0.15, 0.2) is 36.1 Å². The van der Waals surface area contributed by atoms with Crippen LogP contribution in [-0.2, 0) is 4.79 Å². The standard InChI is InChI=1S/C9H13NO.2C2H6/c1-4-6-9(10)8(5-2)7(3)11;2*1-2/h4-6H,1,10H2,2-3H3;2*1-2H3/b8-5-,9-6+;;. The van der Waals surface area contributed by atoms with E-state index in [4.69, 9.17) is 5.73 Å². The van der Waals surface area contributed by atoms with Gasteiger partial charge in [-0.05, 0) is 19.9 Å². The molecule has 2 N–H and O–H groups in total. The Morgan fingerprint density at radius 3 is 1.80 bits per heavy atom. The summed E-state index contributed by atoms with van der Waals surface area (Å²) >= 11 is 0. The highest BCUT2D eigenvalue weighted by molar-refractivity contribution is 5.97. The third kappa shape index (κ3) is 10.6. The van der Waals surface area contributed by atoms with Gasteiger partial charge in [-0.2, -0.15) is 0 Å². The van der Waals surface area contributed by atoms with Crippen LogP contribution in [0, 0.1) is 0 Å². The first-order chi connectivity index (χ1) is 7.13. The molecule has 88 valence electrons. The predicted molar refractivity (Wildman–Crippen MR) is 69.6 cm³/mol. The van der Waals surface area contributed by atoms with E-state index in [1.807, 2.05) is 27.7 Å². The molecule has 0 radical (unpaired) electrons. The maximum absolute atomic E-state index is 10.9. The van der Waals surface area contributed by atoms with Gasteiger partial charge >= 0.3 is 0 Å². The van der Waals surface area contributed by atoms with Gasteiger partial charge < -0.3 is 5.73 Å². The molecular formula is C13H25NO. The Morgan fingerprint density at radius 2 is 1.60 bits per heavy atom. The third-order valence-corrected chi connectivity index (χ3v) is 1.28. The zero-order chi connectivity index (χ0) is 12.9. The smallest absolute Gasteiger partial charge is 0.161 e. The van der Waals surface area contributed by atoms with Crippen LogP contribution in [0.2, 0.25) is 0 Å². The van der Waals surface area contributed by atoms with Crippen molar-refractivity contribution in [2.75, 3.05) is 0 Å². The molecule has 15 heavy (non-hydrogen) atoms. The van der Waals surface area contributed by atoms with Crippen LogP contribution in [0.3, 0.4) is 0 Å². The largest absolute Gasteiger partial charge is 0.398 e. The average Bonchev–Trinajstić information content (AvgIpc) is 2.24. The molecule has 0 aliphatic carbocycles. The van der Waals surface area contributed by atoms with Gasteiger partial charge in [-0.25, -0.2) is 0 Å². The van der Waals surface area contributed by atoms with Gasteiger partial charge in [0.15, 0.2) is 5.78 Å². The Labute approximate surface area is 94.6 Å². The van der Waals surface area contributed by atoms with Crippen LogP contribution in [0.25, 0.3) is 0 Å². The summed E-state index contributed by atoms with van der Waals surface area (Å²) < 4.78 is 0. The Balaban J connectivity index is -0.000000318. The Bertz CT molecular complexity index is 225. The van der Waals surface area contributed by atoms with E-state index in [0.717, 1.165) is 0 Å². The number of allylic oxidation sites excluding steroid dienone is 4. The Morgan fingerprint density at radius 1 is 1.20 bits per heavy atom. The number of carbonyl (C=O) groups is 1. The lowest BCUT2D eigenvalue weighted by Crippen LogP contribution is -2.07.